The number of pyridine rings is 1. The fourth-order valence-electron chi connectivity index (χ4n) is 3.52. The lowest BCUT2D eigenvalue weighted by molar-refractivity contribution is 0.102. The first-order valence-corrected chi connectivity index (χ1v) is 9.15. The molecule has 1 fully saturated rings. The van der Waals surface area contributed by atoms with Crippen LogP contribution in [0.5, 0.6) is 0 Å². The number of urea groups is 1. The smallest absolute Gasteiger partial charge is 0.315 e. The van der Waals surface area contributed by atoms with E-state index in [9.17, 15) is 9.59 Å². The molecule has 0 aliphatic carbocycles. The Morgan fingerprint density at radius 3 is 2.62 bits per heavy atom. The number of nitrogens with one attached hydrogen (secondary N) is 2. The minimum absolute atomic E-state index is 0. The van der Waals surface area contributed by atoms with E-state index in [1.807, 2.05) is 42.5 Å². The van der Waals surface area contributed by atoms with E-state index in [4.69, 9.17) is 5.73 Å². The maximum absolute atomic E-state index is 12.7. The normalized spacial score (nSPS) is 16.1. The summed E-state index contributed by atoms with van der Waals surface area (Å²) in [6, 6.07) is 16.2. The SMILES string of the molecule is Cl.NC(=O)N1CCNCC1c1ccc(C(=O)Nc2cccc3cccnc23)cc1. The number of fused-ring (bicyclic) bond motifs is 1. The average molecular weight is 412 g/mol. The zero-order valence-corrected chi connectivity index (χ0v) is 16.5. The number of benzene rings is 2. The van der Waals surface area contributed by atoms with Crippen molar-refractivity contribution in [2.75, 3.05) is 25.0 Å². The molecule has 1 aliphatic rings. The largest absolute Gasteiger partial charge is 0.351 e. The quantitative estimate of drug-likeness (QED) is 0.616. The zero-order valence-electron chi connectivity index (χ0n) is 15.7. The number of para-hydroxylation sites is 1. The lowest BCUT2D eigenvalue weighted by Gasteiger charge is -2.35. The third-order valence-electron chi connectivity index (χ3n) is 4.97. The third kappa shape index (κ3) is 4.31. The Morgan fingerprint density at radius 1 is 1.10 bits per heavy atom. The van der Waals surface area contributed by atoms with Crippen LogP contribution in [0.4, 0.5) is 10.5 Å². The minimum Gasteiger partial charge on any atom is -0.351 e. The van der Waals surface area contributed by atoms with E-state index < -0.39 is 6.03 Å². The number of piperazine rings is 1. The Kier molecular flexibility index (Phi) is 6.31. The maximum atomic E-state index is 12.7. The summed E-state index contributed by atoms with van der Waals surface area (Å²) in [5, 5.41) is 7.16. The molecule has 1 atom stereocenters. The van der Waals surface area contributed by atoms with Crippen LogP contribution in [-0.4, -0.2) is 41.5 Å². The van der Waals surface area contributed by atoms with Crippen LogP contribution >= 0.6 is 12.4 Å². The van der Waals surface area contributed by atoms with Crippen LogP contribution in [0.1, 0.15) is 22.0 Å². The van der Waals surface area contributed by atoms with Gasteiger partial charge in [-0.25, -0.2) is 4.79 Å². The molecule has 1 aliphatic heterocycles. The first kappa shape index (κ1) is 20.6. The van der Waals surface area contributed by atoms with Crippen molar-refractivity contribution >= 4 is 40.9 Å². The Balaban J connectivity index is 0.00000240. The number of carbonyl (C=O) groups excluding carboxylic acids is 2. The summed E-state index contributed by atoms with van der Waals surface area (Å²) in [7, 11) is 0. The number of carbonyl (C=O) groups is 2. The topological polar surface area (TPSA) is 100 Å². The van der Waals surface area contributed by atoms with Gasteiger partial charge < -0.3 is 21.3 Å². The van der Waals surface area contributed by atoms with Crippen LogP contribution in [0, 0.1) is 0 Å². The summed E-state index contributed by atoms with van der Waals surface area (Å²) in [4.78, 5) is 30.4. The van der Waals surface area contributed by atoms with Crippen molar-refractivity contribution in [3.8, 4) is 0 Å². The second-order valence-electron chi connectivity index (χ2n) is 6.71. The molecule has 4 N–H and O–H groups in total. The number of nitrogens with zero attached hydrogens (tertiary/aromatic N) is 2. The van der Waals surface area contributed by atoms with Crippen molar-refractivity contribution in [2.45, 2.75) is 6.04 Å². The second-order valence-corrected chi connectivity index (χ2v) is 6.71. The average Bonchev–Trinajstić information content (AvgIpc) is 2.74. The number of hydrogen-bond donors (Lipinski definition) is 3. The summed E-state index contributed by atoms with van der Waals surface area (Å²) in [5.74, 6) is -0.210. The monoisotopic (exact) mass is 411 g/mol. The first-order valence-electron chi connectivity index (χ1n) is 9.15. The lowest BCUT2D eigenvalue weighted by atomic mass is 10.0. The van der Waals surface area contributed by atoms with Crippen LogP contribution in [-0.2, 0) is 0 Å². The molecule has 3 amide bonds. The van der Waals surface area contributed by atoms with Gasteiger partial charge in [-0.15, -0.1) is 12.4 Å². The van der Waals surface area contributed by atoms with Crippen molar-refractivity contribution in [3.05, 3.63) is 71.9 Å². The van der Waals surface area contributed by atoms with Crippen molar-refractivity contribution in [2.24, 2.45) is 5.73 Å². The highest BCUT2D eigenvalue weighted by Crippen LogP contribution is 2.24. The van der Waals surface area contributed by atoms with Crippen LogP contribution in [0.2, 0.25) is 0 Å². The predicted octanol–water partition coefficient (Wildman–Crippen LogP) is 2.93. The predicted molar refractivity (Wildman–Crippen MR) is 115 cm³/mol. The molecule has 2 aromatic carbocycles. The molecular formula is C21H22ClN5O2. The molecule has 1 saturated heterocycles. The molecule has 0 spiro atoms. The molecular weight excluding hydrogens is 390 g/mol. The number of nitrogens with two attached hydrogens (primary N) is 1. The number of halogens is 1. The molecule has 3 aromatic rings. The van der Waals surface area contributed by atoms with Gasteiger partial charge >= 0.3 is 6.03 Å². The molecule has 150 valence electrons. The summed E-state index contributed by atoms with van der Waals surface area (Å²) in [6.07, 6.45) is 1.70. The van der Waals surface area contributed by atoms with Gasteiger partial charge in [-0.2, -0.15) is 0 Å². The minimum atomic E-state index is -0.434. The zero-order chi connectivity index (χ0) is 19.5. The highest BCUT2D eigenvalue weighted by molar-refractivity contribution is 6.08. The lowest BCUT2D eigenvalue weighted by Crippen LogP contribution is -2.50. The van der Waals surface area contributed by atoms with Gasteiger partial charge in [0, 0.05) is 36.8 Å². The van der Waals surface area contributed by atoms with E-state index in [-0.39, 0.29) is 24.4 Å². The number of aromatic nitrogens is 1. The van der Waals surface area contributed by atoms with Gasteiger partial charge in [-0.05, 0) is 29.8 Å². The van der Waals surface area contributed by atoms with Gasteiger partial charge in [-0.1, -0.05) is 30.3 Å². The molecule has 0 bridgehead atoms. The first-order chi connectivity index (χ1) is 13.6. The third-order valence-corrected chi connectivity index (χ3v) is 4.97. The fourth-order valence-corrected chi connectivity index (χ4v) is 3.52. The van der Waals surface area contributed by atoms with E-state index in [2.05, 4.69) is 15.6 Å². The Bertz CT molecular complexity index is 1020. The molecule has 1 aromatic heterocycles. The van der Waals surface area contributed by atoms with Gasteiger partial charge in [0.15, 0.2) is 0 Å². The number of amides is 3. The van der Waals surface area contributed by atoms with Gasteiger partial charge in [-0.3, -0.25) is 9.78 Å². The van der Waals surface area contributed by atoms with Crippen LogP contribution < -0.4 is 16.4 Å². The summed E-state index contributed by atoms with van der Waals surface area (Å²) in [5.41, 5.74) is 8.39. The van der Waals surface area contributed by atoms with E-state index in [0.717, 1.165) is 23.0 Å². The Hall–Kier alpha value is -3.16. The molecule has 29 heavy (non-hydrogen) atoms. The summed E-state index contributed by atoms with van der Waals surface area (Å²) >= 11 is 0. The van der Waals surface area contributed by atoms with E-state index in [1.165, 1.54) is 0 Å². The Labute approximate surface area is 174 Å². The summed E-state index contributed by atoms with van der Waals surface area (Å²) in [6.45, 7) is 1.92. The molecule has 0 radical (unpaired) electrons. The molecule has 0 saturated carbocycles. The van der Waals surface area contributed by atoms with E-state index >= 15 is 0 Å². The van der Waals surface area contributed by atoms with Crippen molar-refractivity contribution in [1.82, 2.24) is 15.2 Å². The molecule has 4 rings (SSSR count). The number of hydrogen-bond acceptors (Lipinski definition) is 4. The van der Waals surface area contributed by atoms with Crippen LogP contribution in [0.25, 0.3) is 10.9 Å². The molecule has 1 unspecified atom stereocenters. The maximum Gasteiger partial charge on any atom is 0.315 e. The van der Waals surface area contributed by atoms with Crippen molar-refractivity contribution in [3.63, 3.8) is 0 Å². The van der Waals surface area contributed by atoms with Crippen LogP contribution in [0.15, 0.2) is 60.8 Å². The standard InChI is InChI=1S/C21H21N5O2.ClH/c22-21(28)26-12-11-23-13-18(26)14-6-8-16(9-7-14)20(27)25-17-5-1-3-15-4-2-10-24-19(15)17;/h1-10,18,23H,11-13H2,(H2,22,28)(H,25,27);1H. The fraction of sp³-hybridized carbons (Fsp3) is 0.190. The molecule has 2 heterocycles. The van der Waals surface area contributed by atoms with Gasteiger partial charge in [0.2, 0.25) is 0 Å². The Morgan fingerprint density at radius 2 is 1.86 bits per heavy atom. The van der Waals surface area contributed by atoms with Gasteiger partial charge in [0.25, 0.3) is 5.91 Å². The van der Waals surface area contributed by atoms with Crippen molar-refractivity contribution < 1.29 is 9.59 Å². The highest BCUT2D eigenvalue weighted by Gasteiger charge is 2.26. The number of anilines is 1. The number of primary amides is 1. The van der Waals surface area contributed by atoms with E-state index in [1.54, 1.807) is 23.2 Å². The van der Waals surface area contributed by atoms with E-state index in [0.29, 0.717) is 24.3 Å². The number of rotatable bonds is 3. The highest BCUT2D eigenvalue weighted by atomic mass is 35.5. The molecule has 8 heteroatoms. The van der Waals surface area contributed by atoms with Gasteiger partial charge in [0.05, 0.1) is 17.2 Å². The second kappa shape index (κ2) is 8.89. The summed E-state index contributed by atoms with van der Waals surface area (Å²) < 4.78 is 0. The van der Waals surface area contributed by atoms with Gasteiger partial charge in [0.1, 0.15) is 0 Å². The van der Waals surface area contributed by atoms with Crippen molar-refractivity contribution in [1.29, 1.82) is 0 Å². The van der Waals surface area contributed by atoms with Crippen LogP contribution in [0.3, 0.4) is 0 Å². The molecule has 7 nitrogen and oxygen atoms in total.